The van der Waals surface area contributed by atoms with Gasteiger partial charge in [0.05, 0.1) is 0 Å². The summed E-state index contributed by atoms with van der Waals surface area (Å²) in [6.07, 6.45) is 3.83. The van der Waals surface area contributed by atoms with Crippen LogP contribution in [0.25, 0.3) is 0 Å². The topological polar surface area (TPSA) is 88.5 Å². The van der Waals surface area contributed by atoms with Gasteiger partial charge < -0.3 is 15.2 Å². The number of hydrogen-bond acceptors (Lipinski definition) is 4. The van der Waals surface area contributed by atoms with Crippen LogP contribution in [0.4, 0.5) is 0 Å². The van der Waals surface area contributed by atoms with E-state index in [1.165, 1.54) is 0 Å². The zero-order valence-electron chi connectivity index (χ0n) is 16.2. The van der Waals surface area contributed by atoms with Crippen molar-refractivity contribution in [2.75, 3.05) is 0 Å². The van der Waals surface area contributed by atoms with E-state index in [0.717, 1.165) is 16.7 Å². The van der Waals surface area contributed by atoms with Crippen LogP contribution in [0.2, 0.25) is 0 Å². The molecule has 0 aliphatic carbocycles. The number of aliphatic carboxylic acids is 1. The largest absolute Gasteiger partial charge is 0.488 e. The van der Waals surface area contributed by atoms with Gasteiger partial charge in [-0.2, -0.15) is 0 Å². The number of carboxylic acids is 1. The zero-order valence-corrected chi connectivity index (χ0v) is 16.2. The maximum absolute atomic E-state index is 12.5. The number of pyridine rings is 1. The van der Waals surface area contributed by atoms with Crippen LogP contribution < -0.4 is 10.1 Å². The van der Waals surface area contributed by atoms with E-state index in [1.807, 2.05) is 39.8 Å². The van der Waals surface area contributed by atoms with Crippen molar-refractivity contribution in [3.8, 4) is 5.75 Å². The molecule has 0 fully saturated rings. The van der Waals surface area contributed by atoms with Crippen molar-refractivity contribution in [3.05, 3.63) is 58.9 Å². The average Bonchev–Trinajstić information content (AvgIpc) is 2.60. The standard InChI is InChI=1S/C21H26N2O4/c1-13(2)8-18(21(25)26)23-20(24)17-9-14(3)19(15(4)10-17)27-12-16-6-5-7-22-11-16/h5-7,9-11,13,18H,8,12H2,1-4H3,(H,23,24)(H,25,26)/t18-/m1/s1. The summed E-state index contributed by atoms with van der Waals surface area (Å²) in [4.78, 5) is 27.9. The summed E-state index contributed by atoms with van der Waals surface area (Å²) < 4.78 is 5.89. The second kappa shape index (κ2) is 9.16. The van der Waals surface area contributed by atoms with Gasteiger partial charge in [0.25, 0.3) is 5.91 Å². The molecule has 0 aliphatic rings. The van der Waals surface area contributed by atoms with Crippen LogP contribution in [-0.2, 0) is 11.4 Å². The van der Waals surface area contributed by atoms with Gasteiger partial charge >= 0.3 is 5.97 Å². The lowest BCUT2D eigenvalue weighted by Crippen LogP contribution is -2.41. The minimum atomic E-state index is -1.03. The van der Waals surface area contributed by atoms with E-state index >= 15 is 0 Å². The fourth-order valence-corrected chi connectivity index (χ4v) is 2.88. The molecule has 1 atom stereocenters. The molecule has 1 amide bonds. The first kappa shape index (κ1) is 20.4. The number of ether oxygens (including phenoxy) is 1. The Balaban J connectivity index is 2.12. The average molecular weight is 370 g/mol. The highest BCUT2D eigenvalue weighted by molar-refractivity contribution is 5.97. The smallest absolute Gasteiger partial charge is 0.326 e. The number of nitrogens with zero attached hydrogens (tertiary/aromatic N) is 1. The van der Waals surface area contributed by atoms with E-state index in [0.29, 0.717) is 24.3 Å². The van der Waals surface area contributed by atoms with Crippen LogP contribution >= 0.6 is 0 Å². The van der Waals surface area contributed by atoms with Crippen molar-refractivity contribution in [1.29, 1.82) is 0 Å². The molecule has 0 radical (unpaired) electrons. The van der Waals surface area contributed by atoms with Crippen LogP contribution in [0.3, 0.4) is 0 Å². The van der Waals surface area contributed by atoms with Gasteiger partial charge in [-0.25, -0.2) is 4.79 Å². The highest BCUT2D eigenvalue weighted by atomic mass is 16.5. The first-order valence-electron chi connectivity index (χ1n) is 8.94. The quantitative estimate of drug-likeness (QED) is 0.742. The normalized spacial score (nSPS) is 11.9. The predicted molar refractivity (Wildman–Crippen MR) is 103 cm³/mol. The molecule has 0 aliphatic heterocycles. The monoisotopic (exact) mass is 370 g/mol. The summed E-state index contributed by atoms with van der Waals surface area (Å²) in [5.41, 5.74) is 3.02. The van der Waals surface area contributed by atoms with Gasteiger partial charge in [-0.3, -0.25) is 9.78 Å². The molecule has 0 bridgehead atoms. The van der Waals surface area contributed by atoms with Gasteiger partial charge in [0.1, 0.15) is 18.4 Å². The molecule has 2 N–H and O–H groups in total. The molecule has 0 spiro atoms. The molecule has 1 aromatic heterocycles. The minimum Gasteiger partial charge on any atom is -0.488 e. The zero-order chi connectivity index (χ0) is 20.0. The lowest BCUT2D eigenvalue weighted by molar-refractivity contribution is -0.139. The Kier molecular flexibility index (Phi) is 6.93. The molecule has 0 unspecified atom stereocenters. The third-order valence-electron chi connectivity index (χ3n) is 4.14. The fourth-order valence-electron chi connectivity index (χ4n) is 2.88. The Morgan fingerprint density at radius 1 is 1.22 bits per heavy atom. The van der Waals surface area contributed by atoms with Gasteiger partial charge in [-0.1, -0.05) is 19.9 Å². The van der Waals surface area contributed by atoms with E-state index in [1.54, 1.807) is 24.5 Å². The molecule has 1 heterocycles. The number of aryl methyl sites for hydroxylation is 2. The molecular weight excluding hydrogens is 344 g/mol. The van der Waals surface area contributed by atoms with Crippen molar-refractivity contribution in [1.82, 2.24) is 10.3 Å². The molecule has 144 valence electrons. The third kappa shape index (κ3) is 5.81. The van der Waals surface area contributed by atoms with E-state index in [2.05, 4.69) is 10.3 Å². The van der Waals surface area contributed by atoms with Crippen molar-refractivity contribution >= 4 is 11.9 Å². The van der Waals surface area contributed by atoms with Gasteiger partial charge in [0.15, 0.2) is 0 Å². The third-order valence-corrected chi connectivity index (χ3v) is 4.14. The molecule has 0 saturated heterocycles. The maximum Gasteiger partial charge on any atom is 0.326 e. The number of hydrogen-bond donors (Lipinski definition) is 2. The number of amides is 1. The van der Waals surface area contributed by atoms with Gasteiger partial charge in [0, 0.05) is 23.5 Å². The number of carboxylic acid groups (broad SMARTS) is 1. The molecular formula is C21H26N2O4. The molecule has 6 nitrogen and oxygen atoms in total. The van der Waals surface area contributed by atoms with Crippen molar-refractivity contribution in [2.45, 2.75) is 46.8 Å². The number of aromatic nitrogens is 1. The summed E-state index contributed by atoms with van der Waals surface area (Å²) in [6.45, 7) is 7.96. The summed E-state index contributed by atoms with van der Waals surface area (Å²) in [7, 11) is 0. The first-order valence-corrected chi connectivity index (χ1v) is 8.94. The maximum atomic E-state index is 12.5. The molecule has 2 rings (SSSR count). The van der Waals surface area contributed by atoms with E-state index in [4.69, 9.17) is 4.74 Å². The summed E-state index contributed by atoms with van der Waals surface area (Å²) >= 11 is 0. The SMILES string of the molecule is Cc1cc(C(=O)N[C@H](CC(C)C)C(=O)O)cc(C)c1OCc1cccnc1. The lowest BCUT2D eigenvalue weighted by atomic mass is 10.0. The van der Waals surface area contributed by atoms with Gasteiger partial charge in [0.2, 0.25) is 0 Å². The summed E-state index contributed by atoms with van der Waals surface area (Å²) in [5.74, 6) is -0.541. The highest BCUT2D eigenvalue weighted by Crippen LogP contribution is 2.26. The number of carbonyl (C=O) groups excluding carboxylic acids is 1. The van der Waals surface area contributed by atoms with Crippen molar-refractivity contribution < 1.29 is 19.4 Å². The fraction of sp³-hybridized carbons (Fsp3) is 0.381. The van der Waals surface area contributed by atoms with Crippen LogP contribution in [-0.4, -0.2) is 28.0 Å². The Bertz CT molecular complexity index is 780. The number of benzene rings is 1. The number of carbonyl (C=O) groups is 2. The number of rotatable bonds is 8. The van der Waals surface area contributed by atoms with E-state index in [9.17, 15) is 14.7 Å². The molecule has 27 heavy (non-hydrogen) atoms. The first-order chi connectivity index (χ1) is 12.8. The van der Waals surface area contributed by atoms with Gasteiger partial charge in [-0.05, 0) is 55.5 Å². The van der Waals surface area contributed by atoms with Crippen LogP contribution in [0.15, 0.2) is 36.7 Å². The second-order valence-corrected chi connectivity index (χ2v) is 7.08. The van der Waals surface area contributed by atoms with Crippen molar-refractivity contribution in [2.24, 2.45) is 5.92 Å². The van der Waals surface area contributed by atoms with Crippen LogP contribution in [0.5, 0.6) is 5.75 Å². The lowest BCUT2D eigenvalue weighted by Gasteiger charge is -2.18. The predicted octanol–water partition coefficient (Wildman–Crippen LogP) is 3.51. The van der Waals surface area contributed by atoms with Gasteiger partial charge in [-0.15, -0.1) is 0 Å². The Hall–Kier alpha value is -2.89. The highest BCUT2D eigenvalue weighted by Gasteiger charge is 2.22. The summed E-state index contributed by atoms with van der Waals surface area (Å²) in [5, 5.41) is 11.9. The van der Waals surface area contributed by atoms with E-state index in [-0.39, 0.29) is 5.92 Å². The Morgan fingerprint density at radius 2 is 1.89 bits per heavy atom. The molecule has 0 saturated carbocycles. The van der Waals surface area contributed by atoms with Crippen LogP contribution in [0.1, 0.15) is 47.3 Å². The summed E-state index contributed by atoms with van der Waals surface area (Å²) in [6, 6.07) is 6.31. The molecule has 6 heteroatoms. The van der Waals surface area contributed by atoms with Crippen LogP contribution in [0, 0.1) is 19.8 Å². The Labute approximate surface area is 159 Å². The Morgan fingerprint density at radius 3 is 2.41 bits per heavy atom. The van der Waals surface area contributed by atoms with E-state index < -0.39 is 17.9 Å². The second-order valence-electron chi connectivity index (χ2n) is 7.08. The number of nitrogens with one attached hydrogen (secondary N) is 1. The molecule has 2 aromatic rings. The molecule has 1 aromatic carbocycles. The minimum absolute atomic E-state index is 0.165. The van der Waals surface area contributed by atoms with Crippen molar-refractivity contribution in [3.63, 3.8) is 0 Å².